The maximum Gasteiger partial charge on any atom is 0.232 e. The van der Waals surface area contributed by atoms with E-state index in [4.69, 9.17) is 0 Å². The van der Waals surface area contributed by atoms with Crippen molar-refractivity contribution in [3.8, 4) is 0 Å². The summed E-state index contributed by atoms with van der Waals surface area (Å²) in [4.78, 5) is 26.3. The van der Waals surface area contributed by atoms with E-state index < -0.39 is 0 Å². The third-order valence-electron chi connectivity index (χ3n) is 3.75. The number of carbonyl (C=O) groups excluding carboxylic acids is 2. The monoisotopic (exact) mass is 320 g/mol. The van der Waals surface area contributed by atoms with E-state index in [9.17, 15) is 9.59 Å². The summed E-state index contributed by atoms with van der Waals surface area (Å²) in [6, 6.07) is 7.61. The van der Waals surface area contributed by atoms with Crippen LogP contribution in [0, 0.1) is 0 Å². The lowest BCUT2D eigenvalue weighted by Gasteiger charge is -2.24. The normalized spacial score (nSPS) is 15.8. The Kier molecular flexibility index (Phi) is 6.77. The fourth-order valence-electron chi connectivity index (χ4n) is 2.57. The molecule has 0 aliphatic carbocycles. The zero-order chi connectivity index (χ0) is 15.8. The second kappa shape index (κ2) is 8.83. The van der Waals surface area contributed by atoms with Gasteiger partial charge in [0.05, 0.1) is 5.75 Å². The van der Waals surface area contributed by atoms with Gasteiger partial charge < -0.3 is 10.2 Å². The number of amides is 2. The maximum atomic E-state index is 12.3. The predicted molar refractivity (Wildman–Crippen MR) is 91.1 cm³/mol. The van der Waals surface area contributed by atoms with E-state index >= 15 is 0 Å². The van der Waals surface area contributed by atoms with Crippen molar-refractivity contribution in [3.63, 3.8) is 0 Å². The highest BCUT2D eigenvalue weighted by molar-refractivity contribution is 8.00. The second-order valence-electron chi connectivity index (χ2n) is 5.64. The topological polar surface area (TPSA) is 49.4 Å². The molecule has 1 fully saturated rings. The van der Waals surface area contributed by atoms with E-state index in [1.165, 1.54) is 26.2 Å². The van der Waals surface area contributed by atoms with Crippen LogP contribution < -0.4 is 5.32 Å². The van der Waals surface area contributed by atoms with Crippen LogP contribution in [-0.4, -0.2) is 35.6 Å². The fourth-order valence-corrected chi connectivity index (χ4v) is 3.37. The summed E-state index contributed by atoms with van der Waals surface area (Å²) in [6.45, 7) is 3.30. The van der Waals surface area contributed by atoms with Crippen LogP contribution in [0.15, 0.2) is 29.2 Å². The molecule has 2 amide bonds. The van der Waals surface area contributed by atoms with Gasteiger partial charge in [-0.25, -0.2) is 0 Å². The van der Waals surface area contributed by atoms with Crippen LogP contribution in [0.4, 0.5) is 5.69 Å². The Morgan fingerprint density at radius 1 is 1.05 bits per heavy atom. The van der Waals surface area contributed by atoms with E-state index in [1.54, 1.807) is 11.8 Å². The quantitative estimate of drug-likeness (QED) is 0.863. The van der Waals surface area contributed by atoms with E-state index in [-0.39, 0.29) is 11.8 Å². The third-order valence-corrected chi connectivity index (χ3v) is 4.74. The number of anilines is 1. The van der Waals surface area contributed by atoms with E-state index in [2.05, 4.69) is 5.32 Å². The average Bonchev–Trinajstić information content (AvgIpc) is 2.45. The predicted octanol–water partition coefficient (Wildman–Crippen LogP) is 3.53. The number of rotatable bonds is 4. The zero-order valence-electron chi connectivity index (χ0n) is 13.1. The average molecular weight is 320 g/mol. The van der Waals surface area contributed by atoms with Crippen LogP contribution in [0.25, 0.3) is 0 Å². The van der Waals surface area contributed by atoms with Gasteiger partial charge in [0.2, 0.25) is 11.8 Å². The van der Waals surface area contributed by atoms with Crippen LogP contribution >= 0.6 is 11.8 Å². The molecule has 1 aromatic rings. The highest BCUT2D eigenvalue weighted by atomic mass is 32.2. The number of likely N-dealkylation sites (tertiary alicyclic amines) is 1. The van der Waals surface area contributed by atoms with Crippen molar-refractivity contribution in [1.29, 1.82) is 0 Å². The molecule has 1 aromatic carbocycles. The molecule has 2 rings (SSSR count). The molecule has 0 atom stereocenters. The van der Waals surface area contributed by atoms with Gasteiger partial charge in [0.1, 0.15) is 0 Å². The molecule has 0 saturated carbocycles. The van der Waals surface area contributed by atoms with Crippen LogP contribution in [0.1, 0.15) is 39.0 Å². The molecule has 1 heterocycles. The van der Waals surface area contributed by atoms with E-state index in [0.717, 1.165) is 36.5 Å². The first-order chi connectivity index (χ1) is 10.6. The highest BCUT2D eigenvalue weighted by Gasteiger charge is 2.14. The molecule has 0 spiro atoms. The molecule has 0 aromatic heterocycles. The lowest BCUT2D eigenvalue weighted by atomic mass is 10.1. The molecule has 0 unspecified atom stereocenters. The maximum absolute atomic E-state index is 12.3. The number of hydrogen-bond donors (Lipinski definition) is 1. The summed E-state index contributed by atoms with van der Waals surface area (Å²) in [5, 5.41) is 2.74. The van der Waals surface area contributed by atoms with Gasteiger partial charge in [-0.3, -0.25) is 9.59 Å². The third kappa shape index (κ3) is 5.72. The highest BCUT2D eigenvalue weighted by Crippen LogP contribution is 2.21. The van der Waals surface area contributed by atoms with Gasteiger partial charge in [0.15, 0.2) is 0 Å². The Labute approximate surface area is 136 Å². The Bertz CT molecular complexity index is 494. The van der Waals surface area contributed by atoms with Gasteiger partial charge in [-0.1, -0.05) is 19.3 Å². The molecule has 1 aliphatic heterocycles. The number of nitrogens with zero attached hydrogens (tertiary/aromatic N) is 1. The first-order valence-electron chi connectivity index (χ1n) is 7.93. The molecule has 4 nitrogen and oxygen atoms in total. The van der Waals surface area contributed by atoms with Crippen molar-refractivity contribution in [2.45, 2.75) is 43.9 Å². The number of thioether (sulfide) groups is 1. The molecular formula is C17H24N2O2S. The summed E-state index contributed by atoms with van der Waals surface area (Å²) >= 11 is 1.56. The Morgan fingerprint density at radius 2 is 1.64 bits per heavy atom. The number of hydrogen-bond acceptors (Lipinski definition) is 3. The zero-order valence-corrected chi connectivity index (χ0v) is 14.0. The largest absolute Gasteiger partial charge is 0.342 e. The lowest BCUT2D eigenvalue weighted by Crippen LogP contribution is -2.35. The Morgan fingerprint density at radius 3 is 2.23 bits per heavy atom. The number of carbonyl (C=O) groups is 2. The van der Waals surface area contributed by atoms with Crippen LogP contribution in [0.2, 0.25) is 0 Å². The Hall–Kier alpha value is -1.49. The molecule has 1 saturated heterocycles. The van der Waals surface area contributed by atoms with Crippen LogP contribution in [0.3, 0.4) is 0 Å². The minimum absolute atomic E-state index is 0.0762. The van der Waals surface area contributed by atoms with Crippen LogP contribution in [0.5, 0.6) is 0 Å². The molecule has 22 heavy (non-hydrogen) atoms. The summed E-state index contributed by atoms with van der Waals surface area (Å²) in [6.07, 6.45) is 6.03. The second-order valence-corrected chi connectivity index (χ2v) is 6.69. The van der Waals surface area contributed by atoms with Gasteiger partial charge in [0, 0.05) is 30.6 Å². The number of nitrogens with one attached hydrogen (secondary N) is 1. The minimum atomic E-state index is -0.0762. The van der Waals surface area contributed by atoms with Gasteiger partial charge in [-0.15, -0.1) is 11.8 Å². The molecular weight excluding hydrogens is 296 g/mol. The summed E-state index contributed by atoms with van der Waals surface area (Å²) in [7, 11) is 0. The van der Waals surface area contributed by atoms with Gasteiger partial charge in [-0.2, -0.15) is 0 Å². The molecule has 0 bridgehead atoms. The minimum Gasteiger partial charge on any atom is -0.342 e. The van der Waals surface area contributed by atoms with Gasteiger partial charge >= 0.3 is 0 Å². The van der Waals surface area contributed by atoms with Crippen molar-refractivity contribution < 1.29 is 9.59 Å². The van der Waals surface area contributed by atoms with Crippen molar-refractivity contribution in [2.24, 2.45) is 0 Å². The Balaban J connectivity index is 1.80. The van der Waals surface area contributed by atoms with Gasteiger partial charge in [0.25, 0.3) is 0 Å². The SMILES string of the molecule is CC(=O)Nc1ccc(SCC(=O)N2CCCCCCC2)cc1. The summed E-state index contributed by atoms with van der Waals surface area (Å²) in [5.74, 6) is 0.643. The fraction of sp³-hybridized carbons (Fsp3) is 0.529. The standard InChI is InChI=1S/C17H24N2O2S/c1-14(20)18-15-7-9-16(10-8-15)22-13-17(21)19-11-5-3-2-4-6-12-19/h7-10H,2-6,11-13H2,1H3,(H,18,20). The molecule has 1 N–H and O–H groups in total. The van der Waals surface area contributed by atoms with Crippen molar-refractivity contribution in [2.75, 3.05) is 24.2 Å². The summed E-state index contributed by atoms with van der Waals surface area (Å²) in [5.41, 5.74) is 0.784. The molecule has 5 heteroatoms. The molecule has 120 valence electrons. The van der Waals surface area contributed by atoms with Crippen molar-refractivity contribution >= 4 is 29.3 Å². The first-order valence-corrected chi connectivity index (χ1v) is 8.92. The van der Waals surface area contributed by atoms with Crippen molar-refractivity contribution in [1.82, 2.24) is 4.90 Å². The van der Waals surface area contributed by atoms with E-state index in [0.29, 0.717) is 5.75 Å². The number of benzene rings is 1. The summed E-state index contributed by atoms with van der Waals surface area (Å²) < 4.78 is 0. The smallest absolute Gasteiger partial charge is 0.232 e. The molecule has 1 aliphatic rings. The lowest BCUT2D eigenvalue weighted by molar-refractivity contribution is -0.128. The van der Waals surface area contributed by atoms with Crippen LogP contribution in [-0.2, 0) is 9.59 Å². The van der Waals surface area contributed by atoms with Gasteiger partial charge in [-0.05, 0) is 37.1 Å². The van der Waals surface area contributed by atoms with Crippen molar-refractivity contribution in [3.05, 3.63) is 24.3 Å². The first kappa shape index (κ1) is 16.9. The van der Waals surface area contributed by atoms with E-state index in [1.807, 2.05) is 29.2 Å². The molecule has 0 radical (unpaired) electrons.